The second-order valence-corrected chi connectivity index (χ2v) is 8.74. The van der Waals surface area contributed by atoms with Crippen LogP contribution < -0.4 is 20.9 Å². The maximum atomic E-state index is 13.5. The van der Waals surface area contributed by atoms with Crippen molar-refractivity contribution in [1.29, 1.82) is 0 Å². The number of aromatic nitrogens is 2. The maximum Gasteiger partial charge on any atom is 0.299 e. The number of nitrogens with one attached hydrogen (secondary N) is 2. The van der Waals surface area contributed by atoms with Crippen LogP contribution in [0.4, 0.5) is 11.4 Å². The van der Waals surface area contributed by atoms with Crippen LogP contribution in [0.3, 0.4) is 0 Å². The van der Waals surface area contributed by atoms with Gasteiger partial charge in [-0.3, -0.25) is 9.59 Å². The van der Waals surface area contributed by atoms with Crippen LogP contribution in [0.2, 0.25) is 5.02 Å². The van der Waals surface area contributed by atoms with E-state index >= 15 is 0 Å². The number of carbonyl (C=O) groups excluding carboxylic acids is 1. The van der Waals surface area contributed by atoms with Gasteiger partial charge in [-0.15, -0.1) is 0 Å². The fraction of sp³-hybridized carbons (Fsp3) is 0.148. The van der Waals surface area contributed by atoms with Gasteiger partial charge in [-0.25, -0.2) is 0 Å². The number of ether oxygens (including phenoxy) is 1. The third-order valence-electron chi connectivity index (χ3n) is 5.05. The van der Waals surface area contributed by atoms with Crippen molar-refractivity contribution in [2.75, 3.05) is 11.9 Å². The van der Waals surface area contributed by atoms with Crippen LogP contribution in [0.15, 0.2) is 89.9 Å². The lowest BCUT2D eigenvalue weighted by molar-refractivity contribution is 0.0949. The summed E-state index contributed by atoms with van der Waals surface area (Å²) in [5.41, 5.74) is 1.35. The Bertz CT molecular complexity index is 1370. The van der Waals surface area contributed by atoms with Gasteiger partial charge in [-0.05, 0) is 60.5 Å². The molecule has 0 atom stereocenters. The number of hydrogen-bond donors (Lipinski definition) is 2. The molecular formula is C27H25ClN4O3. The molecule has 178 valence electrons. The fourth-order valence-corrected chi connectivity index (χ4v) is 3.42. The van der Waals surface area contributed by atoms with Gasteiger partial charge >= 0.3 is 0 Å². The van der Waals surface area contributed by atoms with Gasteiger partial charge < -0.3 is 15.4 Å². The van der Waals surface area contributed by atoms with E-state index < -0.39 is 5.56 Å². The highest BCUT2D eigenvalue weighted by Gasteiger charge is 2.16. The zero-order valence-electron chi connectivity index (χ0n) is 19.4. The molecule has 0 aliphatic heterocycles. The number of halogens is 1. The Morgan fingerprint density at radius 1 is 1.03 bits per heavy atom. The van der Waals surface area contributed by atoms with Gasteiger partial charge in [0.25, 0.3) is 11.5 Å². The highest BCUT2D eigenvalue weighted by Crippen LogP contribution is 2.29. The van der Waals surface area contributed by atoms with Crippen LogP contribution in [0.25, 0.3) is 5.69 Å². The zero-order chi connectivity index (χ0) is 24.8. The van der Waals surface area contributed by atoms with E-state index in [0.717, 1.165) is 0 Å². The third kappa shape index (κ3) is 6.07. The molecule has 0 spiro atoms. The highest BCUT2D eigenvalue weighted by atomic mass is 35.5. The normalized spacial score (nSPS) is 10.7. The van der Waals surface area contributed by atoms with Crippen molar-refractivity contribution in [3.8, 4) is 17.2 Å². The van der Waals surface area contributed by atoms with Gasteiger partial charge in [0.15, 0.2) is 11.4 Å². The van der Waals surface area contributed by atoms with E-state index in [0.29, 0.717) is 40.2 Å². The van der Waals surface area contributed by atoms with Crippen molar-refractivity contribution in [2.45, 2.75) is 13.8 Å². The van der Waals surface area contributed by atoms with Crippen LogP contribution in [0, 0.1) is 5.92 Å². The topological polar surface area (TPSA) is 85.2 Å². The van der Waals surface area contributed by atoms with Crippen molar-refractivity contribution in [3.63, 3.8) is 0 Å². The molecule has 0 bridgehead atoms. The van der Waals surface area contributed by atoms with Crippen LogP contribution in [0.1, 0.15) is 24.2 Å². The summed E-state index contributed by atoms with van der Waals surface area (Å²) in [6, 6.07) is 22.8. The Hall–Kier alpha value is -4.10. The Morgan fingerprint density at radius 3 is 2.49 bits per heavy atom. The number of carbonyl (C=O) groups is 1. The standard InChI is InChI=1S/C27H25ClN4O3/c1-18(2)16-29-26(33)19-7-6-8-21(15-19)31-25-24(35-23-9-4-3-5-10-23)17-30-32(27(25)34)22-13-11-20(28)12-14-22/h3-15,17-18,31H,16H2,1-2H3,(H,29,33). The van der Waals surface area contributed by atoms with Gasteiger partial charge in [0.05, 0.1) is 11.9 Å². The SMILES string of the molecule is CC(C)CNC(=O)c1cccc(Nc2c(Oc3ccccc3)cnn(-c3ccc(Cl)cc3)c2=O)c1. The number of anilines is 2. The van der Waals surface area contributed by atoms with Crippen molar-refractivity contribution in [1.82, 2.24) is 15.1 Å². The first-order chi connectivity index (χ1) is 16.9. The number of para-hydroxylation sites is 1. The second-order valence-electron chi connectivity index (χ2n) is 8.30. The average molecular weight is 489 g/mol. The fourth-order valence-electron chi connectivity index (χ4n) is 3.29. The molecule has 0 fully saturated rings. The van der Waals surface area contributed by atoms with Gasteiger partial charge in [0, 0.05) is 22.8 Å². The lowest BCUT2D eigenvalue weighted by Gasteiger charge is -2.15. The molecule has 4 aromatic rings. The monoisotopic (exact) mass is 488 g/mol. The third-order valence-corrected chi connectivity index (χ3v) is 5.30. The average Bonchev–Trinajstić information content (AvgIpc) is 2.86. The van der Waals surface area contributed by atoms with Crippen molar-refractivity contribution in [3.05, 3.63) is 106 Å². The van der Waals surface area contributed by atoms with E-state index in [1.807, 2.05) is 32.0 Å². The van der Waals surface area contributed by atoms with E-state index in [2.05, 4.69) is 15.7 Å². The summed E-state index contributed by atoms with van der Waals surface area (Å²) in [5, 5.41) is 10.9. The van der Waals surface area contributed by atoms with Crippen LogP contribution in [-0.2, 0) is 0 Å². The quantitative estimate of drug-likeness (QED) is 0.327. The lowest BCUT2D eigenvalue weighted by Crippen LogP contribution is -2.27. The number of hydrogen-bond acceptors (Lipinski definition) is 5. The van der Waals surface area contributed by atoms with E-state index in [1.165, 1.54) is 10.9 Å². The maximum absolute atomic E-state index is 13.5. The number of benzene rings is 3. The summed E-state index contributed by atoms with van der Waals surface area (Å²) < 4.78 is 7.24. The van der Waals surface area contributed by atoms with E-state index in [-0.39, 0.29) is 17.3 Å². The number of nitrogens with zero attached hydrogens (tertiary/aromatic N) is 2. The predicted octanol–water partition coefficient (Wildman–Crippen LogP) is 5.81. The van der Waals surface area contributed by atoms with Gasteiger partial charge in [0.2, 0.25) is 0 Å². The Kier molecular flexibility index (Phi) is 7.48. The lowest BCUT2D eigenvalue weighted by atomic mass is 10.1. The molecule has 8 heteroatoms. The van der Waals surface area contributed by atoms with Crippen LogP contribution in [-0.4, -0.2) is 22.2 Å². The van der Waals surface area contributed by atoms with E-state index in [9.17, 15) is 9.59 Å². The molecule has 2 N–H and O–H groups in total. The summed E-state index contributed by atoms with van der Waals surface area (Å²) in [6.07, 6.45) is 1.48. The zero-order valence-corrected chi connectivity index (χ0v) is 20.1. The first kappa shape index (κ1) is 24.0. The summed E-state index contributed by atoms with van der Waals surface area (Å²) in [5.74, 6) is 0.960. The van der Waals surface area contributed by atoms with Crippen LogP contribution in [0.5, 0.6) is 11.5 Å². The van der Waals surface area contributed by atoms with E-state index in [1.54, 1.807) is 60.7 Å². The molecule has 35 heavy (non-hydrogen) atoms. The molecule has 1 heterocycles. The second kappa shape index (κ2) is 10.9. The summed E-state index contributed by atoms with van der Waals surface area (Å²) >= 11 is 6.00. The Morgan fingerprint density at radius 2 is 1.77 bits per heavy atom. The molecule has 7 nitrogen and oxygen atoms in total. The molecule has 1 aromatic heterocycles. The molecule has 0 aliphatic carbocycles. The molecular weight excluding hydrogens is 464 g/mol. The van der Waals surface area contributed by atoms with Crippen molar-refractivity contribution >= 4 is 28.9 Å². The molecule has 0 saturated heterocycles. The molecule has 0 radical (unpaired) electrons. The molecule has 0 saturated carbocycles. The summed E-state index contributed by atoms with van der Waals surface area (Å²) in [4.78, 5) is 26.1. The predicted molar refractivity (Wildman–Crippen MR) is 138 cm³/mol. The minimum atomic E-state index is -0.421. The Labute approximate surface area is 208 Å². The minimum Gasteiger partial charge on any atom is -0.453 e. The van der Waals surface area contributed by atoms with Gasteiger partial charge in [0.1, 0.15) is 5.75 Å². The molecule has 0 aliphatic rings. The minimum absolute atomic E-state index is 0.179. The van der Waals surface area contributed by atoms with Crippen molar-refractivity contribution in [2.24, 2.45) is 5.92 Å². The van der Waals surface area contributed by atoms with Gasteiger partial charge in [-0.2, -0.15) is 9.78 Å². The summed E-state index contributed by atoms with van der Waals surface area (Å²) in [6.45, 7) is 4.63. The van der Waals surface area contributed by atoms with Gasteiger partial charge in [-0.1, -0.05) is 49.7 Å². The first-order valence-electron chi connectivity index (χ1n) is 11.2. The van der Waals surface area contributed by atoms with Crippen LogP contribution >= 0.6 is 11.6 Å². The molecule has 3 aromatic carbocycles. The number of amides is 1. The molecule has 1 amide bonds. The smallest absolute Gasteiger partial charge is 0.299 e. The Balaban J connectivity index is 1.72. The summed E-state index contributed by atoms with van der Waals surface area (Å²) in [7, 11) is 0. The first-order valence-corrected chi connectivity index (χ1v) is 11.5. The van der Waals surface area contributed by atoms with Crippen molar-refractivity contribution < 1.29 is 9.53 Å². The molecule has 0 unspecified atom stereocenters. The number of rotatable bonds is 8. The largest absolute Gasteiger partial charge is 0.453 e. The van der Waals surface area contributed by atoms with E-state index in [4.69, 9.17) is 16.3 Å². The molecule has 4 rings (SSSR count). The highest BCUT2D eigenvalue weighted by molar-refractivity contribution is 6.30.